The summed E-state index contributed by atoms with van der Waals surface area (Å²) in [7, 11) is 0. The molecule has 0 aliphatic heterocycles. The average Bonchev–Trinajstić information content (AvgIpc) is 2.47. The SMILES string of the molecule is C[C@@H](OC(=O)c1ccc(F)cc1Br)c1cccc([N+](=O)[O-])c1. The molecule has 2 rings (SSSR count). The fourth-order valence-electron chi connectivity index (χ4n) is 1.84. The van der Waals surface area contributed by atoms with Crippen molar-refractivity contribution in [3.8, 4) is 0 Å². The van der Waals surface area contributed by atoms with Gasteiger partial charge >= 0.3 is 5.97 Å². The summed E-state index contributed by atoms with van der Waals surface area (Å²) in [5, 5.41) is 10.8. The van der Waals surface area contributed by atoms with Gasteiger partial charge in [0.1, 0.15) is 11.9 Å². The summed E-state index contributed by atoms with van der Waals surface area (Å²) in [6.45, 7) is 1.61. The van der Waals surface area contributed by atoms with Crippen LogP contribution in [-0.2, 0) is 4.74 Å². The van der Waals surface area contributed by atoms with Crippen molar-refractivity contribution in [3.63, 3.8) is 0 Å². The first-order chi connectivity index (χ1) is 10.4. The fraction of sp³-hybridized carbons (Fsp3) is 0.133. The zero-order chi connectivity index (χ0) is 16.3. The van der Waals surface area contributed by atoms with Crippen LogP contribution >= 0.6 is 15.9 Å². The number of nitrogens with zero attached hydrogens (tertiary/aromatic N) is 1. The summed E-state index contributed by atoms with van der Waals surface area (Å²) >= 11 is 3.09. The molecule has 0 aliphatic carbocycles. The lowest BCUT2D eigenvalue weighted by Gasteiger charge is -2.14. The Hall–Kier alpha value is -2.28. The Bertz CT molecular complexity index is 735. The topological polar surface area (TPSA) is 69.4 Å². The molecule has 0 saturated carbocycles. The predicted octanol–water partition coefficient (Wildman–Crippen LogP) is 4.41. The molecule has 0 unspecified atom stereocenters. The van der Waals surface area contributed by atoms with Crippen molar-refractivity contribution in [1.29, 1.82) is 0 Å². The molecule has 22 heavy (non-hydrogen) atoms. The molecule has 0 fully saturated rings. The summed E-state index contributed by atoms with van der Waals surface area (Å²) in [4.78, 5) is 22.3. The van der Waals surface area contributed by atoms with Crippen LogP contribution in [0.5, 0.6) is 0 Å². The van der Waals surface area contributed by atoms with E-state index in [0.717, 1.165) is 12.1 Å². The van der Waals surface area contributed by atoms with Gasteiger partial charge in [-0.3, -0.25) is 10.1 Å². The minimum Gasteiger partial charge on any atom is -0.454 e. The smallest absolute Gasteiger partial charge is 0.339 e. The standard InChI is InChI=1S/C15H11BrFNO4/c1-9(10-3-2-4-12(7-10)18(20)21)22-15(19)13-6-5-11(17)8-14(13)16/h2-9H,1H3/t9-/m1/s1. The van der Waals surface area contributed by atoms with E-state index in [0.29, 0.717) is 5.56 Å². The third kappa shape index (κ3) is 3.67. The van der Waals surface area contributed by atoms with Crippen LogP contribution in [-0.4, -0.2) is 10.9 Å². The highest BCUT2D eigenvalue weighted by Crippen LogP contribution is 2.25. The van der Waals surface area contributed by atoms with Crippen LogP contribution in [0.25, 0.3) is 0 Å². The van der Waals surface area contributed by atoms with E-state index in [1.54, 1.807) is 13.0 Å². The van der Waals surface area contributed by atoms with Gasteiger partial charge < -0.3 is 4.74 Å². The van der Waals surface area contributed by atoms with Gasteiger partial charge in [0, 0.05) is 16.6 Å². The molecule has 114 valence electrons. The summed E-state index contributed by atoms with van der Waals surface area (Å²) in [6.07, 6.45) is -0.677. The lowest BCUT2D eigenvalue weighted by Crippen LogP contribution is -2.10. The van der Waals surface area contributed by atoms with Gasteiger partial charge in [-0.25, -0.2) is 9.18 Å². The number of esters is 1. The van der Waals surface area contributed by atoms with Crippen molar-refractivity contribution in [2.75, 3.05) is 0 Å². The van der Waals surface area contributed by atoms with Crippen LogP contribution in [0.3, 0.4) is 0 Å². The Morgan fingerprint density at radius 2 is 2.05 bits per heavy atom. The number of nitro groups is 1. The molecular formula is C15H11BrFNO4. The summed E-state index contributed by atoms with van der Waals surface area (Å²) in [5.74, 6) is -1.12. The molecule has 7 heteroatoms. The van der Waals surface area contributed by atoms with E-state index in [1.165, 1.54) is 24.3 Å². The quantitative estimate of drug-likeness (QED) is 0.455. The predicted molar refractivity (Wildman–Crippen MR) is 81.0 cm³/mol. The summed E-state index contributed by atoms with van der Waals surface area (Å²) in [6, 6.07) is 9.47. The summed E-state index contributed by atoms with van der Waals surface area (Å²) in [5.41, 5.74) is 0.600. The molecule has 0 amide bonds. The number of ether oxygens (including phenoxy) is 1. The number of non-ortho nitro benzene ring substituents is 1. The van der Waals surface area contributed by atoms with E-state index in [1.807, 2.05) is 0 Å². The number of halogens is 2. The Balaban J connectivity index is 2.17. The number of carbonyl (C=O) groups is 1. The van der Waals surface area contributed by atoms with Gasteiger partial charge in [0.15, 0.2) is 0 Å². The molecule has 0 aromatic heterocycles. The average molecular weight is 368 g/mol. The monoisotopic (exact) mass is 367 g/mol. The zero-order valence-electron chi connectivity index (χ0n) is 11.5. The molecule has 0 radical (unpaired) electrons. The lowest BCUT2D eigenvalue weighted by atomic mass is 10.1. The Morgan fingerprint density at radius 3 is 2.68 bits per heavy atom. The van der Waals surface area contributed by atoms with Gasteiger partial charge in [0.25, 0.3) is 5.69 Å². The van der Waals surface area contributed by atoms with Crippen LogP contribution in [0.4, 0.5) is 10.1 Å². The van der Waals surface area contributed by atoms with Crippen molar-refractivity contribution in [2.45, 2.75) is 13.0 Å². The normalized spacial score (nSPS) is 11.8. The number of nitro benzene ring substituents is 1. The third-order valence-corrected chi connectivity index (χ3v) is 3.64. The maximum absolute atomic E-state index is 13.0. The number of carbonyl (C=O) groups excluding carboxylic acids is 1. The molecule has 0 spiro atoms. The molecule has 1 atom stereocenters. The minimum absolute atomic E-state index is 0.0802. The van der Waals surface area contributed by atoms with Gasteiger partial charge in [-0.2, -0.15) is 0 Å². The van der Waals surface area contributed by atoms with Crippen LogP contribution in [0.1, 0.15) is 28.9 Å². The van der Waals surface area contributed by atoms with E-state index < -0.39 is 22.8 Å². The summed E-state index contributed by atoms with van der Waals surface area (Å²) < 4.78 is 18.6. The molecule has 0 N–H and O–H groups in total. The number of rotatable bonds is 4. The second-order valence-electron chi connectivity index (χ2n) is 4.52. The molecule has 0 saturated heterocycles. The lowest BCUT2D eigenvalue weighted by molar-refractivity contribution is -0.385. The number of hydrogen-bond acceptors (Lipinski definition) is 4. The van der Waals surface area contributed by atoms with E-state index in [9.17, 15) is 19.3 Å². The van der Waals surface area contributed by atoms with Gasteiger partial charge in [-0.1, -0.05) is 12.1 Å². The first-order valence-corrected chi connectivity index (χ1v) is 7.08. The minimum atomic E-state index is -0.677. The zero-order valence-corrected chi connectivity index (χ0v) is 13.0. The van der Waals surface area contributed by atoms with Crippen LogP contribution < -0.4 is 0 Å². The van der Waals surface area contributed by atoms with E-state index >= 15 is 0 Å². The second kappa shape index (κ2) is 6.65. The van der Waals surface area contributed by atoms with Crippen LogP contribution in [0.15, 0.2) is 46.9 Å². The first kappa shape index (κ1) is 16.1. The number of benzene rings is 2. The molecule has 2 aromatic rings. The highest BCUT2D eigenvalue weighted by atomic mass is 79.9. The second-order valence-corrected chi connectivity index (χ2v) is 5.38. The third-order valence-electron chi connectivity index (χ3n) is 2.99. The Morgan fingerprint density at radius 1 is 1.32 bits per heavy atom. The van der Waals surface area contributed by atoms with E-state index in [-0.39, 0.29) is 15.7 Å². The Kier molecular flexibility index (Phi) is 4.87. The molecule has 2 aromatic carbocycles. The van der Waals surface area contributed by atoms with Crippen molar-refractivity contribution >= 4 is 27.6 Å². The van der Waals surface area contributed by atoms with Crippen LogP contribution in [0, 0.1) is 15.9 Å². The van der Waals surface area contributed by atoms with Crippen molar-refractivity contribution in [3.05, 3.63) is 74.0 Å². The highest BCUT2D eigenvalue weighted by Gasteiger charge is 2.18. The molecule has 0 bridgehead atoms. The van der Waals surface area contributed by atoms with Gasteiger partial charge in [0.2, 0.25) is 0 Å². The van der Waals surface area contributed by atoms with Gasteiger partial charge in [0.05, 0.1) is 10.5 Å². The van der Waals surface area contributed by atoms with Crippen molar-refractivity contribution in [1.82, 2.24) is 0 Å². The first-order valence-electron chi connectivity index (χ1n) is 6.29. The maximum Gasteiger partial charge on any atom is 0.339 e. The largest absolute Gasteiger partial charge is 0.454 e. The molecule has 0 heterocycles. The van der Waals surface area contributed by atoms with Gasteiger partial charge in [-0.15, -0.1) is 0 Å². The fourth-order valence-corrected chi connectivity index (χ4v) is 2.35. The van der Waals surface area contributed by atoms with E-state index in [4.69, 9.17) is 4.74 Å². The molecular weight excluding hydrogens is 357 g/mol. The maximum atomic E-state index is 13.0. The Labute approximate surface area is 134 Å². The van der Waals surface area contributed by atoms with Crippen LogP contribution in [0.2, 0.25) is 0 Å². The van der Waals surface area contributed by atoms with Crippen molar-refractivity contribution in [2.24, 2.45) is 0 Å². The molecule has 0 aliphatic rings. The van der Waals surface area contributed by atoms with Gasteiger partial charge in [-0.05, 0) is 46.6 Å². The van der Waals surface area contributed by atoms with Crippen molar-refractivity contribution < 1.29 is 18.8 Å². The highest BCUT2D eigenvalue weighted by molar-refractivity contribution is 9.10. The number of hydrogen-bond donors (Lipinski definition) is 0. The van der Waals surface area contributed by atoms with E-state index in [2.05, 4.69) is 15.9 Å². The molecule has 5 nitrogen and oxygen atoms in total.